The first-order valence-electron chi connectivity index (χ1n) is 8.14. The lowest BCUT2D eigenvalue weighted by Gasteiger charge is -2.23. The lowest BCUT2D eigenvalue weighted by atomic mass is 10.0. The molecule has 0 spiro atoms. The Hall–Kier alpha value is -1.61. The maximum Gasteiger partial charge on any atom is 0.222 e. The lowest BCUT2D eigenvalue weighted by Crippen LogP contribution is -3.16. The minimum atomic E-state index is 0.0565. The Kier molecular flexibility index (Phi) is 4.11. The van der Waals surface area contributed by atoms with Crippen molar-refractivity contribution in [2.75, 3.05) is 13.1 Å². The molecule has 1 aliphatic heterocycles. The molecule has 1 aromatic carbocycles. The molecule has 3 rings (SSSR count). The zero-order valence-electron chi connectivity index (χ0n) is 13.0. The SMILES string of the molecule is Cc1[nH]c2ccccc2c1C(=O)[C@H](C)[NH+]1CCCCCC1. The Balaban J connectivity index is 1.90. The monoisotopic (exact) mass is 285 g/mol. The number of likely N-dealkylation sites (tertiary alicyclic amines) is 1. The van der Waals surface area contributed by atoms with Crippen LogP contribution in [0.4, 0.5) is 0 Å². The molecule has 1 fully saturated rings. The number of para-hydroxylation sites is 1. The number of H-pyrrole nitrogens is 1. The van der Waals surface area contributed by atoms with Crippen LogP contribution < -0.4 is 4.90 Å². The van der Waals surface area contributed by atoms with E-state index in [1.807, 2.05) is 25.1 Å². The van der Waals surface area contributed by atoms with E-state index in [0.717, 1.165) is 35.2 Å². The second-order valence-corrected chi connectivity index (χ2v) is 6.33. The predicted octanol–water partition coefficient (Wildman–Crippen LogP) is 2.51. The van der Waals surface area contributed by atoms with Crippen molar-refractivity contribution in [2.24, 2.45) is 0 Å². The topological polar surface area (TPSA) is 37.3 Å². The number of rotatable bonds is 3. The molecule has 0 aliphatic carbocycles. The van der Waals surface area contributed by atoms with Gasteiger partial charge in [0.25, 0.3) is 0 Å². The minimum absolute atomic E-state index is 0.0565. The van der Waals surface area contributed by atoms with Gasteiger partial charge in [-0.15, -0.1) is 0 Å². The number of hydrogen-bond donors (Lipinski definition) is 2. The van der Waals surface area contributed by atoms with Gasteiger partial charge in [-0.3, -0.25) is 4.79 Å². The van der Waals surface area contributed by atoms with Crippen LogP contribution in [0, 0.1) is 6.92 Å². The molecule has 1 saturated heterocycles. The van der Waals surface area contributed by atoms with E-state index in [1.54, 1.807) is 0 Å². The van der Waals surface area contributed by atoms with Crippen LogP contribution in [0.5, 0.6) is 0 Å². The maximum absolute atomic E-state index is 13.0. The molecule has 112 valence electrons. The third kappa shape index (κ3) is 2.75. The van der Waals surface area contributed by atoms with Gasteiger partial charge in [-0.25, -0.2) is 0 Å². The highest BCUT2D eigenvalue weighted by Crippen LogP contribution is 2.22. The number of carbonyl (C=O) groups excluding carboxylic acids is 1. The van der Waals surface area contributed by atoms with E-state index in [1.165, 1.54) is 30.6 Å². The molecule has 3 heteroatoms. The van der Waals surface area contributed by atoms with Crippen LogP contribution in [0.15, 0.2) is 24.3 Å². The Morgan fingerprint density at radius 1 is 1.14 bits per heavy atom. The molecular weight excluding hydrogens is 260 g/mol. The summed E-state index contributed by atoms with van der Waals surface area (Å²) in [6, 6.07) is 8.17. The van der Waals surface area contributed by atoms with Gasteiger partial charge in [0.15, 0.2) is 0 Å². The summed E-state index contributed by atoms with van der Waals surface area (Å²) in [4.78, 5) is 17.8. The summed E-state index contributed by atoms with van der Waals surface area (Å²) in [7, 11) is 0. The number of benzene rings is 1. The van der Waals surface area contributed by atoms with Gasteiger partial charge in [-0.2, -0.15) is 0 Å². The average Bonchev–Trinajstić information content (AvgIpc) is 2.67. The van der Waals surface area contributed by atoms with Gasteiger partial charge in [-0.05, 0) is 45.6 Å². The van der Waals surface area contributed by atoms with Gasteiger partial charge in [0.2, 0.25) is 5.78 Å². The first kappa shape index (κ1) is 14.3. The first-order valence-corrected chi connectivity index (χ1v) is 8.14. The number of fused-ring (bicyclic) bond motifs is 1. The number of quaternary nitrogens is 1. The van der Waals surface area contributed by atoms with Gasteiger partial charge < -0.3 is 9.88 Å². The fourth-order valence-electron chi connectivity index (χ4n) is 3.61. The molecule has 0 amide bonds. The third-order valence-corrected chi connectivity index (χ3v) is 4.89. The van der Waals surface area contributed by atoms with Crippen LogP contribution in [-0.4, -0.2) is 29.9 Å². The number of hydrogen-bond acceptors (Lipinski definition) is 1. The highest BCUT2D eigenvalue weighted by molar-refractivity contribution is 6.10. The zero-order valence-corrected chi connectivity index (χ0v) is 13.0. The van der Waals surface area contributed by atoms with E-state index in [0.29, 0.717) is 5.78 Å². The molecular formula is C18H25N2O+. The first-order chi connectivity index (χ1) is 10.2. The van der Waals surface area contributed by atoms with E-state index >= 15 is 0 Å². The standard InChI is InChI=1S/C18H24N2O/c1-13-17(15-9-5-6-10-16(15)19-13)18(21)14(2)20-11-7-3-4-8-12-20/h5-6,9-10,14,19H,3-4,7-8,11-12H2,1-2H3/p+1/t14-/m0/s1. The summed E-state index contributed by atoms with van der Waals surface area (Å²) in [6.07, 6.45) is 5.13. The molecule has 0 unspecified atom stereocenters. The second-order valence-electron chi connectivity index (χ2n) is 6.33. The molecule has 0 radical (unpaired) electrons. The summed E-state index contributed by atoms with van der Waals surface area (Å²) in [5, 5.41) is 1.07. The van der Waals surface area contributed by atoms with Crippen molar-refractivity contribution in [3.05, 3.63) is 35.5 Å². The number of nitrogens with one attached hydrogen (secondary N) is 2. The second kappa shape index (κ2) is 6.02. The fraction of sp³-hybridized carbons (Fsp3) is 0.500. The molecule has 0 bridgehead atoms. The van der Waals surface area contributed by atoms with Crippen molar-refractivity contribution >= 4 is 16.7 Å². The van der Waals surface area contributed by atoms with Gasteiger partial charge in [0.05, 0.1) is 18.7 Å². The van der Waals surface area contributed by atoms with Crippen molar-refractivity contribution in [3.8, 4) is 0 Å². The van der Waals surface area contributed by atoms with E-state index in [9.17, 15) is 4.79 Å². The van der Waals surface area contributed by atoms with Crippen LogP contribution in [-0.2, 0) is 0 Å². The molecule has 1 aliphatic rings. The molecule has 2 heterocycles. The summed E-state index contributed by atoms with van der Waals surface area (Å²) in [6.45, 7) is 6.38. The summed E-state index contributed by atoms with van der Waals surface area (Å²) < 4.78 is 0. The van der Waals surface area contributed by atoms with Crippen molar-refractivity contribution in [3.63, 3.8) is 0 Å². The van der Waals surface area contributed by atoms with E-state index in [-0.39, 0.29) is 6.04 Å². The maximum atomic E-state index is 13.0. The van der Waals surface area contributed by atoms with Gasteiger partial charge in [-0.1, -0.05) is 18.2 Å². The lowest BCUT2D eigenvalue weighted by molar-refractivity contribution is -0.912. The normalized spacial score (nSPS) is 18.6. The van der Waals surface area contributed by atoms with Gasteiger partial charge in [0.1, 0.15) is 6.04 Å². The summed E-state index contributed by atoms with van der Waals surface area (Å²) in [5.41, 5.74) is 2.97. The number of carbonyl (C=O) groups is 1. The molecule has 0 saturated carbocycles. The number of Topliss-reactive ketones (excluding diaryl/α,β-unsaturated/α-hetero) is 1. The quantitative estimate of drug-likeness (QED) is 0.835. The number of aromatic nitrogens is 1. The number of ketones is 1. The molecule has 21 heavy (non-hydrogen) atoms. The molecule has 3 nitrogen and oxygen atoms in total. The highest BCUT2D eigenvalue weighted by Gasteiger charge is 2.29. The third-order valence-electron chi connectivity index (χ3n) is 4.89. The van der Waals surface area contributed by atoms with Crippen molar-refractivity contribution < 1.29 is 9.69 Å². The zero-order chi connectivity index (χ0) is 14.8. The van der Waals surface area contributed by atoms with Crippen LogP contribution in [0.3, 0.4) is 0 Å². The Labute approximate surface area is 126 Å². The Morgan fingerprint density at radius 2 is 1.81 bits per heavy atom. The van der Waals surface area contributed by atoms with Crippen LogP contribution in [0.2, 0.25) is 0 Å². The van der Waals surface area contributed by atoms with Crippen molar-refractivity contribution in [1.82, 2.24) is 4.98 Å². The Morgan fingerprint density at radius 3 is 2.52 bits per heavy atom. The summed E-state index contributed by atoms with van der Waals surface area (Å²) >= 11 is 0. The fourth-order valence-corrected chi connectivity index (χ4v) is 3.61. The van der Waals surface area contributed by atoms with E-state index in [4.69, 9.17) is 0 Å². The van der Waals surface area contributed by atoms with Crippen LogP contribution in [0.1, 0.15) is 48.7 Å². The molecule has 1 atom stereocenters. The van der Waals surface area contributed by atoms with E-state index in [2.05, 4.69) is 18.0 Å². The highest BCUT2D eigenvalue weighted by atomic mass is 16.1. The van der Waals surface area contributed by atoms with Crippen molar-refractivity contribution in [2.45, 2.75) is 45.6 Å². The smallest absolute Gasteiger partial charge is 0.222 e. The Bertz CT molecular complexity index is 636. The van der Waals surface area contributed by atoms with Crippen LogP contribution in [0.25, 0.3) is 10.9 Å². The number of aromatic amines is 1. The van der Waals surface area contributed by atoms with Crippen molar-refractivity contribution in [1.29, 1.82) is 0 Å². The largest absolute Gasteiger partial charge is 0.358 e. The van der Waals surface area contributed by atoms with Gasteiger partial charge in [0, 0.05) is 16.6 Å². The average molecular weight is 285 g/mol. The molecule has 1 aromatic heterocycles. The van der Waals surface area contributed by atoms with Gasteiger partial charge >= 0.3 is 0 Å². The minimum Gasteiger partial charge on any atom is -0.358 e. The molecule has 2 aromatic rings. The number of aryl methyl sites for hydroxylation is 1. The van der Waals surface area contributed by atoms with E-state index < -0.39 is 0 Å². The molecule has 2 N–H and O–H groups in total. The summed E-state index contributed by atoms with van der Waals surface area (Å²) in [5.74, 6) is 0.293. The predicted molar refractivity (Wildman–Crippen MR) is 86.0 cm³/mol. The van der Waals surface area contributed by atoms with Crippen LogP contribution >= 0.6 is 0 Å².